The monoisotopic (exact) mass is 890 g/mol. The topological polar surface area (TPSA) is 203 Å². The number of aliphatic hydroxyl groups excluding tert-OH is 2. The number of benzene rings is 2. The molecule has 0 radical (unpaired) electrons. The number of anilines is 2. The largest absolute Gasteiger partial charge is 0.396 e. The van der Waals surface area contributed by atoms with Crippen LogP contribution in [-0.4, -0.2) is 99.9 Å². The zero-order chi connectivity index (χ0) is 42.9. The highest BCUT2D eigenvalue weighted by Crippen LogP contribution is 2.28. The van der Waals surface area contributed by atoms with Crippen molar-refractivity contribution in [1.29, 1.82) is 0 Å². The zero-order valence-corrected chi connectivity index (χ0v) is 35.9. The predicted octanol–water partition coefficient (Wildman–Crippen LogP) is 5.83. The Morgan fingerprint density at radius 2 is 1.18 bits per heavy atom. The summed E-state index contributed by atoms with van der Waals surface area (Å²) < 4.78 is 4.59. The molecule has 0 atom stereocenters. The van der Waals surface area contributed by atoms with Crippen LogP contribution >= 0.6 is 15.9 Å². The summed E-state index contributed by atoms with van der Waals surface area (Å²) in [6.45, 7) is 4.92. The highest BCUT2D eigenvalue weighted by molar-refractivity contribution is 9.10. The average Bonchev–Trinajstić information content (AvgIpc) is 4.17. The Bertz CT molecular complexity index is 2530. The Balaban J connectivity index is 0.000000186. The number of nitrogens with one attached hydrogen (secondary N) is 4. The lowest BCUT2D eigenvalue weighted by molar-refractivity contribution is 0.0942. The molecule has 8 rings (SSSR count). The first-order valence-electron chi connectivity index (χ1n) is 20.7. The van der Waals surface area contributed by atoms with E-state index < -0.39 is 5.60 Å². The number of carbonyl (C=O) groups is 2. The molecule has 4 aromatic heterocycles. The summed E-state index contributed by atoms with van der Waals surface area (Å²) in [5, 5.41) is 40.5. The third kappa shape index (κ3) is 11.7. The van der Waals surface area contributed by atoms with E-state index in [0.717, 1.165) is 73.1 Å². The zero-order valence-electron chi connectivity index (χ0n) is 34.3. The van der Waals surface area contributed by atoms with Gasteiger partial charge in [-0.3, -0.25) is 18.4 Å². The van der Waals surface area contributed by atoms with Crippen LogP contribution in [0.3, 0.4) is 0 Å². The summed E-state index contributed by atoms with van der Waals surface area (Å²) in [7, 11) is 0. The highest BCUT2D eigenvalue weighted by atomic mass is 79.9. The molecule has 61 heavy (non-hydrogen) atoms. The summed E-state index contributed by atoms with van der Waals surface area (Å²) in [5.74, 6) is 6.95. The van der Waals surface area contributed by atoms with Crippen molar-refractivity contribution in [2.75, 3.05) is 36.9 Å². The standard InChI is InChI=1S/C25H29N5O3.C20H22BrN5O2/c1-25(2,33)12-11-20-16-30-21(15-27-23(30)22(28-20)26-13-3-4-14-31)17-5-7-18(8-6-17)24(32)29-19-9-10-19;21-17-12-26-16(11-23-19(26)18(25-17)22-9-1-2-10-27)13-3-5-14(6-4-13)20(28)24-15-7-8-15/h5-8,15-16,19,31,33H,3-4,9-10,13-14H2,1-2H3,(H,26,28)(H,29,32);3-6,11-12,15,27H,1-2,7-10H2,(H,22,25)(H,24,28). The maximum atomic E-state index is 12.3. The lowest BCUT2D eigenvalue weighted by Gasteiger charge is -2.10. The first-order valence-corrected chi connectivity index (χ1v) is 21.5. The number of amides is 2. The number of hydrogen-bond donors (Lipinski definition) is 7. The Labute approximate surface area is 362 Å². The van der Waals surface area contributed by atoms with E-state index in [2.05, 4.69) is 69.0 Å². The Hall–Kier alpha value is -5.86. The number of carbonyl (C=O) groups excluding carboxylic acids is 2. The lowest BCUT2D eigenvalue weighted by Crippen LogP contribution is -2.25. The molecule has 0 unspecified atom stereocenters. The van der Waals surface area contributed by atoms with Gasteiger partial charge in [-0.25, -0.2) is 19.9 Å². The number of fused-ring (bicyclic) bond motifs is 2. The van der Waals surface area contributed by atoms with Crippen molar-refractivity contribution in [2.24, 2.45) is 0 Å². The molecule has 0 bridgehead atoms. The molecular weight excluding hydrogens is 840 g/mol. The van der Waals surface area contributed by atoms with Gasteiger partial charge in [-0.05, 0) is 111 Å². The minimum Gasteiger partial charge on any atom is -0.396 e. The van der Waals surface area contributed by atoms with Crippen LogP contribution in [0.25, 0.3) is 33.8 Å². The molecule has 0 saturated heterocycles. The first-order chi connectivity index (χ1) is 29.5. The molecule has 0 aliphatic heterocycles. The van der Waals surface area contributed by atoms with Gasteiger partial charge in [0, 0.05) is 73.0 Å². The molecular formula is C45H51BrN10O5. The molecule has 6 aromatic rings. The van der Waals surface area contributed by atoms with Gasteiger partial charge in [-0.2, -0.15) is 0 Å². The van der Waals surface area contributed by atoms with Crippen molar-refractivity contribution in [1.82, 2.24) is 39.4 Å². The van der Waals surface area contributed by atoms with E-state index in [4.69, 9.17) is 10.2 Å². The van der Waals surface area contributed by atoms with Crippen LogP contribution in [0, 0.1) is 11.8 Å². The number of aromatic nitrogens is 6. The third-order valence-corrected chi connectivity index (χ3v) is 10.3. The Morgan fingerprint density at radius 3 is 1.62 bits per heavy atom. The van der Waals surface area contributed by atoms with Gasteiger partial charge in [0.25, 0.3) is 11.8 Å². The van der Waals surface area contributed by atoms with Crippen molar-refractivity contribution in [3.05, 3.63) is 94.7 Å². The number of aliphatic hydroxyl groups is 3. The summed E-state index contributed by atoms with van der Waals surface area (Å²) in [4.78, 5) is 42.6. The van der Waals surface area contributed by atoms with E-state index >= 15 is 0 Å². The van der Waals surface area contributed by atoms with E-state index in [1.54, 1.807) is 26.2 Å². The third-order valence-electron chi connectivity index (χ3n) is 9.92. The van der Waals surface area contributed by atoms with Gasteiger partial charge < -0.3 is 36.6 Å². The fourth-order valence-electron chi connectivity index (χ4n) is 6.35. The number of imidazole rings is 2. The molecule has 7 N–H and O–H groups in total. The quantitative estimate of drug-likeness (QED) is 0.0455. The Morgan fingerprint density at radius 1 is 0.721 bits per heavy atom. The maximum Gasteiger partial charge on any atom is 0.251 e. The number of rotatable bonds is 16. The van der Waals surface area contributed by atoms with Crippen LogP contribution in [0.15, 0.2) is 77.9 Å². The second-order valence-electron chi connectivity index (χ2n) is 15.7. The molecule has 4 heterocycles. The molecule has 2 aliphatic rings. The van der Waals surface area contributed by atoms with Crippen molar-refractivity contribution in [2.45, 2.75) is 82.9 Å². The highest BCUT2D eigenvalue weighted by Gasteiger charge is 2.25. The normalized spacial score (nSPS) is 13.5. The van der Waals surface area contributed by atoms with E-state index in [0.29, 0.717) is 70.3 Å². The minimum absolute atomic E-state index is 0.0199. The number of nitrogens with zero attached hydrogens (tertiary/aromatic N) is 6. The van der Waals surface area contributed by atoms with E-state index in [1.807, 2.05) is 69.7 Å². The van der Waals surface area contributed by atoms with E-state index in [1.165, 1.54) is 0 Å². The van der Waals surface area contributed by atoms with Crippen LogP contribution in [0.5, 0.6) is 0 Å². The molecule has 16 heteroatoms. The van der Waals surface area contributed by atoms with Gasteiger partial charge in [0.1, 0.15) is 15.9 Å². The number of hydrogen-bond acceptors (Lipinski definition) is 11. The first kappa shape index (κ1) is 43.2. The summed E-state index contributed by atoms with van der Waals surface area (Å²) in [5.41, 5.74) is 5.67. The second-order valence-corrected chi connectivity index (χ2v) is 16.5. The van der Waals surface area contributed by atoms with Crippen molar-refractivity contribution in [3.63, 3.8) is 0 Å². The molecule has 2 saturated carbocycles. The Kier molecular flexibility index (Phi) is 13.9. The molecule has 2 amide bonds. The molecule has 318 valence electrons. The smallest absolute Gasteiger partial charge is 0.251 e. The van der Waals surface area contributed by atoms with Crippen LogP contribution in [0.2, 0.25) is 0 Å². The van der Waals surface area contributed by atoms with Crippen LogP contribution < -0.4 is 21.3 Å². The second kappa shape index (κ2) is 19.7. The van der Waals surface area contributed by atoms with Crippen molar-refractivity contribution < 1.29 is 24.9 Å². The summed E-state index contributed by atoms with van der Waals surface area (Å²) in [6, 6.07) is 15.7. The minimum atomic E-state index is -1.14. The van der Waals surface area contributed by atoms with Gasteiger partial charge in [0.05, 0.1) is 23.8 Å². The predicted molar refractivity (Wildman–Crippen MR) is 238 cm³/mol. The summed E-state index contributed by atoms with van der Waals surface area (Å²) in [6.07, 6.45) is 14.6. The SMILES string of the molecule is CC(C)(O)C#Cc1cn2c(-c3ccc(C(=O)NC4CC4)cc3)cnc2c(NCCCCO)n1.O=C(NC1CC1)c1ccc(-c2cnc3c(NCCCCO)nc(Br)cn23)cc1. The van der Waals surface area contributed by atoms with Crippen molar-refractivity contribution in [3.8, 4) is 34.4 Å². The lowest BCUT2D eigenvalue weighted by atomic mass is 10.1. The summed E-state index contributed by atoms with van der Waals surface area (Å²) >= 11 is 3.46. The van der Waals surface area contributed by atoms with Gasteiger partial charge in [-0.1, -0.05) is 30.2 Å². The van der Waals surface area contributed by atoms with Crippen molar-refractivity contribution >= 4 is 50.7 Å². The molecule has 0 spiro atoms. The molecule has 2 aromatic carbocycles. The fraction of sp³-hybridized carbons (Fsp3) is 0.378. The molecule has 2 aliphatic carbocycles. The fourth-order valence-corrected chi connectivity index (χ4v) is 6.74. The van der Waals surface area contributed by atoms with E-state index in [9.17, 15) is 14.7 Å². The van der Waals surface area contributed by atoms with Gasteiger partial charge in [0.2, 0.25) is 0 Å². The number of unbranched alkanes of at least 4 members (excludes halogenated alkanes) is 2. The molecule has 2 fully saturated rings. The van der Waals surface area contributed by atoms with Crippen LogP contribution in [0.4, 0.5) is 11.6 Å². The maximum absolute atomic E-state index is 12.3. The van der Waals surface area contributed by atoms with Gasteiger partial charge in [-0.15, -0.1) is 0 Å². The van der Waals surface area contributed by atoms with Gasteiger partial charge >= 0.3 is 0 Å². The van der Waals surface area contributed by atoms with Crippen LogP contribution in [-0.2, 0) is 0 Å². The molecule has 15 nitrogen and oxygen atoms in total. The number of halogens is 1. The van der Waals surface area contributed by atoms with Gasteiger partial charge in [0.15, 0.2) is 22.9 Å². The van der Waals surface area contributed by atoms with E-state index in [-0.39, 0.29) is 25.0 Å². The van der Waals surface area contributed by atoms with Crippen LogP contribution in [0.1, 0.15) is 91.6 Å². The average molecular weight is 892 g/mol.